The summed E-state index contributed by atoms with van der Waals surface area (Å²) in [5.41, 5.74) is 8.25. The number of amides is 1. The monoisotopic (exact) mass is 297 g/mol. The Morgan fingerprint density at radius 3 is 2.67 bits per heavy atom. The van der Waals surface area contributed by atoms with Crippen molar-refractivity contribution in [3.05, 3.63) is 59.1 Å². The lowest BCUT2D eigenvalue weighted by Gasteiger charge is -2.03. The summed E-state index contributed by atoms with van der Waals surface area (Å²) < 4.78 is 1.14. The Hall–Kier alpha value is -2.40. The molecule has 1 aromatic heterocycles. The summed E-state index contributed by atoms with van der Waals surface area (Å²) in [5.74, 6) is -0.0148. The molecule has 0 aliphatic heterocycles. The van der Waals surface area contributed by atoms with Crippen LogP contribution in [0.25, 0.3) is 10.2 Å². The Bertz CT molecular complexity index is 732. The lowest BCUT2D eigenvalue weighted by atomic mass is 10.1. The lowest BCUT2D eigenvalue weighted by Crippen LogP contribution is -2.24. The topological polar surface area (TPSA) is 68.0 Å². The summed E-state index contributed by atoms with van der Waals surface area (Å²) in [6.45, 7) is 0.465. The van der Waals surface area contributed by atoms with E-state index in [4.69, 9.17) is 5.73 Å². The number of nitrogens with one attached hydrogen (secondary N) is 1. The van der Waals surface area contributed by atoms with Crippen molar-refractivity contribution in [1.82, 2.24) is 10.3 Å². The first kappa shape index (κ1) is 13.6. The fraction of sp³-hybridized carbons (Fsp3) is 0.125. The maximum atomic E-state index is 11.9. The molecule has 3 rings (SSSR count). The molecule has 5 heteroatoms. The van der Waals surface area contributed by atoms with E-state index in [-0.39, 0.29) is 5.91 Å². The van der Waals surface area contributed by atoms with Crippen LogP contribution >= 0.6 is 11.3 Å². The van der Waals surface area contributed by atoms with Crippen LogP contribution in [0, 0.1) is 0 Å². The lowest BCUT2D eigenvalue weighted by molar-refractivity contribution is -0.120. The number of fused-ring (bicyclic) bond motifs is 1. The number of rotatable bonds is 4. The van der Waals surface area contributed by atoms with Crippen LogP contribution in [0.5, 0.6) is 0 Å². The maximum absolute atomic E-state index is 11.9. The third kappa shape index (κ3) is 3.38. The van der Waals surface area contributed by atoms with Crippen LogP contribution < -0.4 is 11.1 Å². The van der Waals surface area contributed by atoms with Crippen molar-refractivity contribution in [2.45, 2.75) is 13.0 Å². The number of thiazole rings is 1. The van der Waals surface area contributed by atoms with Gasteiger partial charge in [-0.05, 0) is 29.8 Å². The molecule has 1 heterocycles. The number of hydrogen-bond donors (Lipinski definition) is 2. The Balaban J connectivity index is 1.59. The quantitative estimate of drug-likeness (QED) is 0.728. The second-order valence-electron chi connectivity index (χ2n) is 4.77. The number of nitrogen functional groups attached to an aromatic ring is 1. The van der Waals surface area contributed by atoms with Gasteiger partial charge in [0.15, 0.2) is 0 Å². The van der Waals surface area contributed by atoms with Crippen LogP contribution in [0.15, 0.2) is 48.5 Å². The van der Waals surface area contributed by atoms with Gasteiger partial charge in [-0.15, -0.1) is 11.3 Å². The molecule has 4 nitrogen and oxygen atoms in total. The van der Waals surface area contributed by atoms with Crippen molar-refractivity contribution in [1.29, 1.82) is 0 Å². The zero-order chi connectivity index (χ0) is 14.7. The first-order valence-electron chi connectivity index (χ1n) is 6.66. The number of carbonyl (C=O) groups is 1. The number of nitrogens with two attached hydrogens (primary N) is 1. The Morgan fingerprint density at radius 2 is 1.90 bits per heavy atom. The van der Waals surface area contributed by atoms with Gasteiger partial charge >= 0.3 is 0 Å². The molecule has 0 bridgehead atoms. The fourth-order valence-corrected chi connectivity index (χ4v) is 2.96. The Morgan fingerprint density at radius 1 is 1.14 bits per heavy atom. The number of carbonyl (C=O) groups excluding carboxylic acids is 1. The van der Waals surface area contributed by atoms with Gasteiger partial charge in [-0.2, -0.15) is 0 Å². The minimum absolute atomic E-state index is 0.0148. The van der Waals surface area contributed by atoms with Crippen LogP contribution in [0.1, 0.15) is 10.6 Å². The highest BCUT2D eigenvalue weighted by atomic mass is 32.1. The summed E-state index contributed by atoms with van der Waals surface area (Å²) in [4.78, 5) is 16.4. The molecule has 3 aromatic rings. The zero-order valence-corrected chi connectivity index (χ0v) is 12.2. The van der Waals surface area contributed by atoms with Crippen LogP contribution in [0.2, 0.25) is 0 Å². The molecular formula is C16H15N3OS. The number of aromatic nitrogens is 1. The fourth-order valence-electron chi connectivity index (χ4n) is 2.05. The number of para-hydroxylation sites is 1. The highest BCUT2D eigenvalue weighted by Crippen LogP contribution is 2.21. The third-order valence-corrected chi connectivity index (χ3v) is 4.16. The van der Waals surface area contributed by atoms with Crippen LogP contribution in [-0.2, 0) is 17.8 Å². The third-order valence-electron chi connectivity index (χ3n) is 3.12. The molecule has 106 valence electrons. The molecule has 0 unspecified atom stereocenters. The van der Waals surface area contributed by atoms with Gasteiger partial charge < -0.3 is 11.1 Å². The standard InChI is InChI=1S/C16H15N3OS/c17-12-7-5-11(6-8-12)9-15(20)18-10-16-19-13-3-1-2-4-14(13)21-16/h1-8H,9-10,17H2,(H,18,20). The maximum Gasteiger partial charge on any atom is 0.224 e. The summed E-state index contributed by atoms with van der Waals surface area (Å²) in [6, 6.07) is 15.3. The van der Waals surface area contributed by atoms with Crippen molar-refractivity contribution >= 4 is 33.1 Å². The highest BCUT2D eigenvalue weighted by Gasteiger charge is 2.06. The summed E-state index contributed by atoms with van der Waals surface area (Å²) in [7, 11) is 0. The van der Waals surface area contributed by atoms with E-state index in [9.17, 15) is 4.79 Å². The van der Waals surface area contributed by atoms with E-state index in [1.807, 2.05) is 36.4 Å². The molecular weight excluding hydrogens is 282 g/mol. The molecule has 2 aromatic carbocycles. The molecule has 0 aliphatic rings. The summed E-state index contributed by atoms with van der Waals surface area (Å²) >= 11 is 1.61. The van der Waals surface area contributed by atoms with Gasteiger partial charge in [-0.3, -0.25) is 4.79 Å². The van der Waals surface area contributed by atoms with Gasteiger partial charge in [0.25, 0.3) is 0 Å². The zero-order valence-electron chi connectivity index (χ0n) is 11.4. The van der Waals surface area contributed by atoms with E-state index in [0.29, 0.717) is 18.7 Å². The Kier molecular flexibility index (Phi) is 3.83. The van der Waals surface area contributed by atoms with Gasteiger partial charge in [-0.1, -0.05) is 24.3 Å². The van der Waals surface area contributed by atoms with E-state index in [1.54, 1.807) is 23.5 Å². The van der Waals surface area contributed by atoms with Crippen LogP contribution in [0.3, 0.4) is 0 Å². The molecule has 3 N–H and O–H groups in total. The number of benzene rings is 2. The second kappa shape index (κ2) is 5.93. The van der Waals surface area contributed by atoms with E-state index >= 15 is 0 Å². The number of anilines is 1. The average Bonchev–Trinajstić information content (AvgIpc) is 2.90. The molecule has 21 heavy (non-hydrogen) atoms. The van der Waals surface area contributed by atoms with E-state index in [1.165, 1.54) is 0 Å². The van der Waals surface area contributed by atoms with Crippen molar-refractivity contribution in [3.8, 4) is 0 Å². The number of nitrogens with zero attached hydrogens (tertiary/aromatic N) is 1. The van der Waals surface area contributed by atoms with Gasteiger partial charge in [0.05, 0.1) is 23.2 Å². The number of hydrogen-bond acceptors (Lipinski definition) is 4. The minimum Gasteiger partial charge on any atom is -0.399 e. The average molecular weight is 297 g/mol. The van der Waals surface area contributed by atoms with E-state index in [0.717, 1.165) is 20.8 Å². The smallest absolute Gasteiger partial charge is 0.224 e. The SMILES string of the molecule is Nc1ccc(CC(=O)NCc2nc3ccccc3s2)cc1. The van der Waals surface area contributed by atoms with Crippen molar-refractivity contribution in [2.24, 2.45) is 0 Å². The van der Waals surface area contributed by atoms with Gasteiger partial charge in [-0.25, -0.2) is 4.98 Å². The van der Waals surface area contributed by atoms with Crippen LogP contribution in [-0.4, -0.2) is 10.9 Å². The van der Waals surface area contributed by atoms with Crippen molar-refractivity contribution in [3.63, 3.8) is 0 Å². The molecule has 0 fully saturated rings. The van der Waals surface area contributed by atoms with Crippen molar-refractivity contribution < 1.29 is 4.79 Å². The predicted molar refractivity (Wildman–Crippen MR) is 86.0 cm³/mol. The second-order valence-corrected chi connectivity index (χ2v) is 5.89. The first-order chi connectivity index (χ1) is 10.2. The van der Waals surface area contributed by atoms with Crippen molar-refractivity contribution in [2.75, 3.05) is 5.73 Å². The molecule has 0 saturated heterocycles. The predicted octanol–water partition coefficient (Wildman–Crippen LogP) is 2.74. The van der Waals surface area contributed by atoms with Gasteiger partial charge in [0.2, 0.25) is 5.91 Å². The molecule has 0 radical (unpaired) electrons. The van der Waals surface area contributed by atoms with E-state index < -0.39 is 0 Å². The summed E-state index contributed by atoms with van der Waals surface area (Å²) in [6.07, 6.45) is 0.352. The largest absolute Gasteiger partial charge is 0.399 e. The molecule has 1 amide bonds. The Labute approximate surface area is 126 Å². The highest BCUT2D eigenvalue weighted by molar-refractivity contribution is 7.18. The van der Waals surface area contributed by atoms with Gasteiger partial charge in [0.1, 0.15) is 5.01 Å². The van der Waals surface area contributed by atoms with Gasteiger partial charge in [0, 0.05) is 5.69 Å². The summed E-state index contributed by atoms with van der Waals surface area (Å²) in [5, 5.41) is 3.82. The normalized spacial score (nSPS) is 10.7. The molecule has 0 saturated carbocycles. The molecule has 0 spiro atoms. The van der Waals surface area contributed by atoms with Crippen LogP contribution in [0.4, 0.5) is 5.69 Å². The molecule has 0 aliphatic carbocycles. The first-order valence-corrected chi connectivity index (χ1v) is 7.48. The minimum atomic E-state index is -0.0148. The van der Waals surface area contributed by atoms with E-state index in [2.05, 4.69) is 10.3 Å². The molecule has 0 atom stereocenters.